The second kappa shape index (κ2) is 5.25. The topological polar surface area (TPSA) is 37.3 Å². The van der Waals surface area contributed by atoms with E-state index in [1.165, 1.54) is 0 Å². The molecule has 0 fully saturated rings. The van der Waals surface area contributed by atoms with Gasteiger partial charge in [-0.3, -0.25) is 4.79 Å². The minimum atomic E-state index is -0.644. The summed E-state index contributed by atoms with van der Waals surface area (Å²) < 4.78 is 0. The van der Waals surface area contributed by atoms with Gasteiger partial charge in [-0.25, -0.2) is 0 Å². The molecule has 1 atom stereocenters. The minimum Gasteiger partial charge on any atom is -0.481 e. The van der Waals surface area contributed by atoms with E-state index in [1.54, 1.807) is 0 Å². The molecule has 0 bridgehead atoms. The molecule has 2 nitrogen and oxygen atoms in total. The summed E-state index contributed by atoms with van der Waals surface area (Å²) in [6, 6.07) is 0. The quantitative estimate of drug-likeness (QED) is 0.691. The van der Waals surface area contributed by atoms with E-state index in [1.807, 2.05) is 6.92 Å². The third kappa shape index (κ3) is 4.30. The Morgan fingerprint density at radius 2 is 2.00 bits per heavy atom. The molecule has 0 radical (unpaired) electrons. The molecule has 0 aromatic heterocycles. The lowest BCUT2D eigenvalue weighted by atomic mass is 9.78. The second-order valence-electron chi connectivity index (χ2n) is 4.57. The van der Waals surface area contributed by atoms with Crippen molar-refractivity contribution in [2.75, 3.05) is 0 Å². The highest BCUT2D eigenvalue weighted by molar-refractivity contribution is 5.74. The van der Waals surface area contributed by atoms with Crippen LogP contribution in [0.5, 0.6) is 0 Å². The summed E-state index contributed by atoms with van der Waals surface area (Å²) in [7, 11) is 0. The largest absolute Gasteiger partial charge is 0.481 e. The molecule has 0 saturated carbocycles. The van der Waals surface area contributed by atoms with Gasteiger partial charge in [0, 0.05) is 0 Å². The van der Waals surface area contributed by atoms with Gasteiger partial charge in [-0.05, 0) is 25.7 Å². The highest BCUT2D eigenvalue weighted by atomic mass is 16.4. The SMILES string of the molecule is CCCCC(C)(CC(C)C)C(=O)O. The van der Waals surface area contributed by atoms with Crippen molar-refractivity contribution in [2.45, 2.75) is 53.4 Å². The summed E-state index contributed by atoms with van der Waals surface area (Å²) in [5.74, 6) is -0.187. The number of rotatable bonds is 6. The van der Waals surface area contributed by atoms with E-state index in [0.717, 1.165) is 25.7 Å². The van der Waals surface area contributed by atoms with Crippen molar-refractivity contribution < 1.29 is 9.90 Å². The summed E-state index contributed by atoms with van der Waals surface area (Å²) in [6.45, 7) is 8.11. The molecule has 0 spiro atoms. The fourth-order valence-corrected chi connectivity index (χ4v) is 1.76. The van der Waals surface area contributed by atoms with Gasteiger partial charge < -0.3 is 5.11 Å². The van der Waals surface area contributed by atoms with Gasteiger partial charge in [-0.2, -0.15) is 0 Å². The zero-order valence-corrected chi connectivity index (χ0v) is 9.26. The van der Waals surface area contributed by atoms with Gasteiger partial charge in [0.2, 0.25) is 0 Å². The van der Waals surface area contributed by atoms with Crippen molar-refractivity contribution in [2.24, 2.45) is 11.3 Å². The van der Waals surface area contributed by atoms with Crippen LogP contribution in [-0.2, 0) is 4.79 Å². The van der Waals surface area contributed by atoms with Crippen LogP contribution in [0, 0.1) is 11.3 Å². The van der Waals surface area contributed by atoms with Crippen molar-refractivity contribution in [3.05, 3.63) is 0 Å². The fourth-order valence-electron chi connectivity index (χ4n) is 1.76. The Hall–Kier alpha value is -0.530. The van der Waals surface area contributed by atoms with E-state index in [-0.39, 0.29) is 0 Å². The van der Waals surface area contributed by atoms with Gasteiger partial charge in [-0.15, -0.1) is 0 Å². The second-order valence-corrected chi connectivity index (χ2v) is 4.57. The summed E-state index contributed by atoms with van der Waals surface area (Å²) in [6.07, 6.45) is 3.66. The molecule has 0 heterocycles. The summed E-state index contributed by atoms with van der Waals surface area (Å²) in [5.41, 5.74) is -0.510. The lowest BCUT2D eigenvalue weighted by Gasteiger charge is -2.26. The molecule has 0 aliphatic rings. The molecule has 2 heteroatoms. The smallest absolute Gasteiger partial charge is 0.309 e. The lowest BCUT2D eigenvalue weighted by molar-refractivity contribution is -0.149. The van der Waals surface area contributed by atoms with Crippen molar-refractivity contribution >= 4 is 5.97 Å². The van der Waals surface area contributed by atoms with Crippen LogP contribution in [0.25, 0.3) is 0 Å². The number of unbranched alkanes of at least 4 members (excludes halogenated alkanes) is 1. The molecule has 0 rings (SSSR count). The molecule has 0 amide bonds. The van der Waals surface area contributed by atoms with Gasteiger partial charge in [0.1, 0.15) is 0 Å². The van der Waals surface area contributed by atoms with Crippen LogP contribution < -0.4 is 0 Å². The number of hydrogen-bond acceptors (Lipinski definition) is 1. The van der Waals surface area contributed by atoms with Crippen LogP contribution in [0.1, 0.15) is 53.4 Å². The number of carbonyl (C=O) groups is 1. The normalized spacial score (nSPS) is 15.8. The van der Waals surface area contributed by atoms with Crippen molar-refractivity contribution in [1.29, 1.82) is 0 Å². The van der Waals surface area contributed by atoms with Crippen LogP contribution in [0.3, 0.4) is 0 Å². The van der Waals surface area contributed by atoms with E-state index in [0.29, 0.717) is 5.92 Å². The maximum Gasteiger partial charge on any atom is 0.309 e. The van der Waals surface area contributed by atoms with Crippen LogP contribution in [0.15, 0.2) is 0 Å². The van der Waals surface area contributed by atoms with E-state index in [2.05, 4.69) is 20.8 Å². The van der Waals surface area contributed by atoms with Gasteiger partial charge >= 0.3 is 5.97 Å². The van der Waals surface area contributed by atoms with Crippen LogP contribution in [-0.4, -0.2) is 11.1 Å². The maximum atomic E-state index is 11.1. The molecule has 78 valence electrons. The van der Waals surface area contributed by atoms with E-state index >= 15 is 0 Å². The third-order valence-corrected chi connectivity index (χ3v) is 2.46. The Kier molecular flexibility index (Phi) is 5.04. The zero-order chi connectivity index (χ0) is 10.5. The summed E-state index contributed by atoms with van der Waals surface area (Å²) in [4.78, 5) is 11.1. The molecule has 0 aromatic carbocycles. The Balaban J connectivity index is 4.25. The molecular weight excluding hydrogens is 164 g/mol. The van der Waals surface area contributed by atoms with Gasteiger partial charge in [0.25, 0.3) is 0 Å². The lowest BCUT2D eigenvalue weighted by Crippen LogP contribution is -2.29. The first-order valence-electron chi connectivity index (χ1n) is 5.15. The minimum absolute atomic E-state index is 0.456. The Labute approximate surface area is 81.3 Å². The zero-order valence-electron chi connectivity index (χ0n) is 9.26. The summed E-state index contributed by atoms with van der Waals surface area (Å²) >= 11 is 0. The first kappa shape index (κ1) is 12.5. The van der Waals surface area contributed by atoms with Crippen molar-refractivity contribution in [3.63, 3.8) is 0 Å². The Bertz CT molecular complexity index is 163. The highest BCUT2D eigenvalue weighted by Crippen LogP contribution is 2.32. The van der Waals surface area contributed by atoms with E-state index in [4.69, 9.17) is 5.11 Å². The van der Waals surface area contributed by atoms with Crippen molar-refractivity contribution in [3.8, 4) is 0 Å². The average Bonchev–Trinajstić information content (AvgIpc) is 1.99. The molecule has 1 unspecified atom stereocenters. The van der Waals surface area contributed by atoms with Crippen molar-refractivity contribution in [1.82, 2.24) is 0 Å². The molecule has 0 saturated heterocycles. The molecule has 0 aliphatic heterocycles. The Morgan fingerprint density at radius 3 is 2.31 bits per heavy atom. The standard InChI is InChI=1S/C11H22O2/c1-5-6-7-11(4,10(12)13)8-9(2)3/h9H,5-8H2,1-4H3,(H,12,13). The predicted octanol–water partition coefficient (Wildman–Crippen LogP) is 3.31. The van der Waals surface area contributed by atoms with Crippen LogP contribution >= 0.6 is 0 Å². The number of carboxylic acids is 1. The van der Waals surface area contributed by atoms with E-state index in [9.17, 15) is 4.79 Å². The number of hydrogen-bond donors (Lipinski definition) is 1. The predicted molar refractivity (Wildman–Crippen MR) is 54.7 cm³/mol. The molecule has 1 N–H and O–H groups in total. The monoisotopic (exact) mass is 186 g/mol. The molecule has 13 heavy (non-hydrogen) atoms. The first-order valence-corrected chi connectivity index (χ1v) is 5.15. The van der Waals surface area contributed by atoms with E-state index < -0.39 is 11.4 Å². The third-order valence-electron chi connectivity index (χ3n) is 2.46. The summed E-state index contributed by atoms with van der Waals surface area (Å²) in [5, 5.41) is 9.11. The highest BCUT2D eigenvalue weighted by Gasteiger charge is 2.32. The first-order chi connectivity index (χ1) is 5.92. The fraction of sp³-hybridized carbons (Fsp3) is 0.909. The molecule has 0 aliphatic carbocycles. The molecular formula is C11H22O2. The molecule has 0 aromatic rings. The van der Waals surface area contributed by atoms with Crippen LogP contribution in [0.4, 0.5) is 0 Å². The van der Waals surface area contributed by atoms with Gasteiger partial charge in [-0.1, -0.05) is 33.6 Å². The number of aliphatic carboxylic acids is 1. The maximum absolute atomic E-state index is 11.1. The van der Waals surface area contributed by atoms with Gasteiger partial charge in [0.05, 0.1) is 5.41 Å². The average molecular weight is 186 g/mol. The van der Waals surface area contributed by atoms with Crippen LogP contribution in [0.2, 0.25) is 0 Å². The number of carboxylic acid groups (broad SMARTS) is 1. The Morgan fingerprint density at radius 1 is 1.46 bits per heavy atom. The van der Waals surface area contributed by atoms with Gasteiger partial charge in [0.15, 0.2) is 0 Å².